The van der Waals surface area contributed by atoms with Crippen molar-refractivity contribution in [3.8, 4) is 0 Å². The molecule has 0 aromatic carbocycles. The summed E-state index contributed by atoms with van der Waals surface area (Å²) in [7, 11) is 1.86. The second kappa shape index (κ2) is 8.18. The number of aliphatic imine (C=N–C) groups is 1. The van der Waals surface area contributed by atoms with E-state index in [-0.39, 0.29) is 29.5 Å². The van der Waals surface area contributed by atoms with Gasteiger partial charge in [0.1, 0.15) is 0 Å². The summed E-state index contributed by atoms with van der Waals surface area (Å²) in [6.45, 7) is 15.1. The van der Waals surface area contributed by atoms with E-state index < -0.39 is 0 Å². The molecule has 1 aliphatic heterocycles. The summed E-state index contributed by atoms with van der Waals surface area (Å²) in [4.78, 5) is 7.00. The lowest BCUT2D eigenvalue weighted by Gasteiger charge is -2.45. The van der Waals surface area contributed by atoms with Crippen LogP contribution in [-0.2, 0) is 0 Å². The van der Waals surface area contributed by atoms with Gasteiger partial charge in [-0.2, -0.15) is 0 Å². The largest absolute Gasteiger partial charge is 0.355 e. The molecule has 0 aromatic rings. The maximum absolute atomic E-state index is 4.36. The van der Waals surface area contributed by atoms with Crippen LogP contribution < -0.4 is 10.6 Å². The van der Waals surface area contributed by atoms with Gasteiger partial charge in [-0.1, -0.05) is 20.8 Å². The Morgan fingerprint density at radius 2 is 1.68 bits per heavy atom. The third kappa shape index (κ3) is 5.55. The number of hydrogen-bond donors (Lipinski definition) is 2. The minimum absolute atomic E-state index is 0. The third-order valence-corrected chi connectivity index (χ3v) is 5.07. The highest BCUT2D eigenvalue weighted by Crippen LogP contribution is 2.29. The van der Waals surface area contributed by atoms with Crippen molar-refractivity contribution in [3.05, 3.63) is 0 Å². The number of rotatable bonds is 4. The van der Waals surface area contributed by atoms with Crippen LogP contribution in [0.4, 0.5) is 0 Å². The molecule has 0 spiro atoms. The smallest absolute Gasteiger partial charge is 0.191 e. The minimum Gasteiger partial charge on any atom is -0.355 e. The molecule has 1 saturated heterocycles. The van der Waals surface area contributed by atoms with Crippen LogP contribution in [0.1, 0.15) is 47.5 Å². The molecule has 0 aromatic heterocycles. The second-order valence-corrected chi connectivity index (χ2v) is 8.05. The lowest BCUT2D eigenvalue weighted by atomic mass is 9.88. The highest BCUT2D eigenvalue weighted by Gasteiger charge is 2.35. The van der Waals surface area contributed by atoms with E-state index in [1.54, 1.807) is 0 Å². The molecule has 4 nitrogen and oxygen atoms in total. The first-order valence-electron chi connectivity index (χ1n) is 8.54. The van der Waals surface area contributed by atoms with Crippen molar-refractivity contribution in [2.45, 2.75) is 59.0 Å². The van der Waals surface area contributed by atoms with Gasteiger partial charge in [0.25, 0.3) is 0 Å². The van der Waals surface area contributed by atoms with E-state index >= 15 is 0 Å². The van der Waals surface area contributed by atoms with Crippen molar-refractivity contribution in [2.75, 3.05) is 26.7 Å². The number of piperidine rings is 1. The lowest BCUT2D eigenvalue weighted by Crippen LogP contribution is -2.57. The van der Waals surface area contributed by atoms with Crippen LogP contribution in [0.15, 0.2) is 4.99 Å². The predicted molar refractivity (Wildman–Crippen MR) is 106 cm³/mol. The molecule has 1 aliphatic carbocycles. The van der Waals surface area contributed by atoms with Gasteiger partial charge in [-0.05, 0) is 44.4 Å². The number of guanidine groups is 1. The third-order valence-electron chi connectivity index (χ3n) is 5.07. The van der Waals surface area contributed by atoms with Gasteiger partial charge in [-0.25, -0.2) is 0 Å². The summed E-state index contributed by atoms with van der Waals surface area (Å²) in [5.41, 5.74) is 0.162. The fourth-order valence-corrected chi connectivity index (χ4v) is 3.46. The average molecular weight is 422 g/mol. The van der Waals surface area contributed by atoms with Crippen molar-refractivity contribution >= 4 is 29.9 Å². The van der Waals surface area contributed by atoms with E-state index in [2.05, 4.69) is 55.1 Å². The molecule has 5 heteroatoms. The molecule has 2 N–H and O–H groups in total. The van der Waals surface area contributed by atoms with Gasteiger partial charge in [0.05, 0.1) is 0 Å². The number of nitrogens with one attached hydrogen (secondary N) is 2. The van der Waals surface area contributed by atoms with Gasteiger partial charge in [0.15, 0.2) is 5.96 Å². The molecule has 4 atom stereocenters. The summed E-state index contributed by atoms with van der Waals surface area (Å²) >= 11 is 0. The fraction of sp³-hybridized carbons (Fsp3) is 0.941. The first-order valence-corrected chi connectivity index (χ1v) is 8.54. The predicted octanol–water partition coefficient (Wildman–Crippen LogP) is 2.93. The summed E-state index contributed by atoms with van der Waals surface area (Å²) in [5.74, 6) is 3.35. The van der Waals surface area contributed by atoms with Gasteiger partial charge in [0.2, 0.25) is 0 Å². The number of likely N-dealkylation sites (tertiary alicyclic amines) is 1. The Bertz CT molecular complexity index is 373. The topological polar surface area (TPSA) is 39.7 Å². The van der Waals surface area contributed by atoms with E-state index in [4.69, 9.17) is 0 Å². The van der Waals surface area contributed by atoms with Crippen LogP contribution in [0, 0.1) is 17.8 Å². The molecule has 0 radical (unpaired) electrons. The molecule has 2 fully saturated rings. The zero-order valence-electron chi connectivity index (χ0n) is 15.1. The van der Waals surface area contributed by atoms with Gasteiger partial charge < -0.3 is 10.6 Å². The van der Waals surface area contributed by atoms with Crippen molar-refractivity contribution in [1.82, 2.24) is 15.5 Å². The Labute approximate surface area is 153 Å². The Kier molecular flexibility index (Phi) is 7.43. The molecular weight excluding hydrogens is 387 g/mol. The first-order chi connectivity index (χ1) is 9.81. The SMILES string of the molecule is CN=C(NCC(C)(C)N1CC(C)CC(C)C1)NC1CC1C.I. The molecular formula is C17H35IN4. The van der Waals surface area contributed by atoms with Crippen LogP contribution in [0.2, 0.25) is 0 Å². The van der Waals surface area contributed by atoms with Crippen LogP contribution in [-0.4, -0.2) is 49.1 Å². The van der Waals surface area contributed by atoms with E-state index in [1.807, 2.05) is 7.05 Å². The summed E-state index contributed by atoms with van der Waals surface area (Å²) < 4.78 is 0. The van der Waals surface area contributed by atoms with Gasteiger partial charge in [-0.3, -0.25) is 9.89 Å². The fourth-order valence-electron chi connectivity index (χ4n) is 3.46. The molecule has 4 unspecified atom stereocenters. The summed E-state index contributed by atoms with van der Waals surface area (Å²) in [5, 5.41) is 7.03. The maximum atomic E-state index is 4.36. The van der Waals surface area contributed by atoms with Crippen molar-refractivity contribution in [3.63, 3.8) is 0 Å². The summed E-state index contributed by atoms with van der Waals surface area (Å²) in [6.07, 6.45) is 2.63. The molecule has 2 aliphatic rings. The van der Waals surface area contributed by atoms with Crippen LogP contribution in [0.3, 0.4) is 0 Å². The molecule has 130 valence electrons. The molecule has 2 rings (SSSR count). The standard InChI is InChI=1S/C17H34N4.HI/c1-12-7-13(2)10-21(9-12)17(4,5)11-19-16(18-6)20-15-8-14(15)3;/h12-15H,7-11H2,1-6H3,(H2,18,19,20);1H. The van der Waals surface area contributed by atoms with Gasteiger partial charge in [-0.15, -0.1) is 24.0 Å². The lowest BCUT2D eigenvalue weighted by molar-refractivity contribution is 0.0483. The highest BCUT2D eigenvalue weighted by atomic mass is 127. The van der Waals surface area contributed by atoms with Gasteiger partial charge in [0, 0.05) is 38.3 Å². The highest BCUT2D eigenvalue weighted by molar-refractivity contribution is 14.0. The van der Waals surface area contributed by atoms with E-state index in [1.165, 1.54) is 25.9 Å². The van der Waals surface area contributed by atoms with Crippen molar-refractivity contribution in [1.29, 1.82) is 0 Å². The second-order valence-electron chi connectivity index (χ2n) is 8.05. The monoisotopic (exact) mass is 422 g/mol. The van der Waals surface area contributed by atoms with E-state index in [9.17, 15) is 0 Å². The Morgan fingerprint density at radius 3 is 2.14 bits per heavy atom. The normalized spacial score (nSPS) is 33.1. The molecule has 0 amide bonds. The molecule has 1 saturated carbocycles. The van der Waals surface area contributed by atoms with Crippen LogP contribution in [0.25, 0.3) is 0 Å². The summed E-state index contributed by atoms with van der Waals surface area (Å²) in [6, 6.07) is 0.620. The Hall–Kier alpha value is -0.0400. The number of hydrogen-bond acceptors (Lipinski definition) is 2. The van der Waals surface area contributed by atoms with Crippen molar-refractivity contribution < 1.29 is 0 Å². The minimum atomic E-state index is 0. The Morgan fingerprint density at radius 1 is 1.14 bits per heavy atom. The van der Waals surface area contributed by atoms with Gasteiger partial charge >= 0.3 is 0 Å². The zero-order chi connectivity index (χ0) is 15.6. The number of halogens is 1. The Balaban J connectivity index is 0.00000242. The quantitative estimate of drug-likeness (QED) is 0.416. The van der Waals surface area contributed by atoms with Crippen LogP contribution >= 0.6 is 24.0 Å². The zero-order valence-corrected chi connectivity index (χ0v) is 17.5. The average Bonchev–Trinajstić information content (AvgIpc) is 3.09. The number of nitrogens with zero attached hydrogens (tertiary/aromatic N) is 2. The van der Waals surface area contributed by atoms with Crippen molar-refractivity contribution in [2.24, 2.45) is 22.7 Å². The molecule has 0 bridgehead atoms. The molecule has 1 heterocycles. The van der Waals surface area contributed by atoms with E-state index in [0.717, 1.165) is 30.3 Å². The van der Waals surface area contributed by atoms with Crippen LogP contribution in [0.5, 0.6) is 0 Å². The molecule has 22 heavy (non-hydrogen) atoms. The maximum Gasteiger partial charge on any atom is 0.191 e. The first kappa shape index (κ1) is 20.0. The van der Waals surface area contributed by atoms with E-state index in [0.29, 0.717) is 6.04 Å².